The van der Waals surface area contributed by atoms with Crippen LogP contribution in [0, 0.1) is 5.41 Å². The minimum atomic E-state index is 0.0912. The third-order valence-electron chi connectivity index (χ3n) is 6.30. The molecule has 0 unspecified atom stereocenters. The molecule has 6 rings (SSSR count). The zero-order valence-corrected chi connectivity index (χ0v) is 16.3. The molecule has 0 amide bonds. The van der Waals surface area contributed by atoms with Gasteiger partial charge in [-0.05, 0) is 68.6 Å². The van der Waals surface area contributed by atoms with Crippen LogP contribution in [-0.2, 0) is 0 Å². The number of aromatic hydroxyl groups is 1. The first kappa shape index (κ1) is 17.6. The highest BCUT2D eigenvalue weighted by Crippen LogP contribution is 2.41. The van der Waals surface area contributed by atoms with Crippen LogP contribution in [0.4, 0.5) is 5.82 Å². The van der Waals surface area contributed by atoms with Gasteiger partial charge in [0.1, 0.15) is 11.4 Å². The van der Waals surface area contributed by atoms with E-state index in [1.54, 1.807) is 18.3 Å². The maximum atomic E-state index is 10.3. The van der Waals surface area contributed by atoms with Gasteiger partial charge in [0.05, 0.1) is 0 Å². The van der Waals surface area contributed by atoms with Crippen molar-refractivity contribution in [2.24, 2.45) is 5.41 Å². The van der Waals surface area contributed by atoms with Crippen molar-refractivity contribution in [2.75, 3.05) is 31.5 Å². The molecular weight excluding hydrogens is 374 g/mol. The van der Waals surface area contributed by atoms with Crippen molar-refractivity contribution in [1.82, 2.24) is 20.1 Å². The summed E-state index contributed by atoms with van der Waals surface area (Å²) in [4.78, 5) is 6.84. The first-order valence-electron chi connectivity index (χ1n) is 9.69. The van der Waals surface area contributed by atoms with E-state index in [-0.39, 0.29) is 5.75 Å². The number of piperidine rings is 3. The van der Waals surface area contributed by atoms with Gasteiger partial charge in [-0.25, -0.2) is 0 Å². The Bertz CT molecular complexity index is 1020. The summed E-state index contributed by atoms with van der Waals surface area (Å²) >= 11 is 5.97. The lowest BCUT2D eigenvalue weighted by molar-refractivity contribution is 0.0360. The zero-order valence-electron chi connectivity index (χ0n) is 15.5. The second kappa shape index (κ2) is 6.87. The Labute approximate surface area is 168 Å². The molecule has 0 aliphatic carbocycles. The third-order valence-corrected chi connectivity index (χ3v) is 6.54. The van der Waals surface area contributed by atoms with Crippen molar-refractivity contribution in [3.63, 3.8) is 0 Å². The van der Waals surface area contributed by atoms with Crippen LogP contribution < -0.4 is 5.32 Å². The predicted octanol–water partition coefficient (Wildman–Crippen LogP) is 3.95. The van der Waals surface area contributed by atoms with Crippen LogP contribution in [0.3, 0.4) is 0 Å². The smallest absolute Gasteiger partial charge is 0.158 e. The van der Waals surface area contributed by atoms with E-state index in [4.69, 9.17) is 11.6 Å². The fourth-order valence-electron chi connectivity index (χ4n) is 4.46. The second-order valence-electron chi connectivity index (χ2n) is 7.93. The number of nitrogens with zero attached hydrogens (tertiary/aromatic N) is 4. The molecule has 144 valence electrons. The van der Waals surface area contributed by atoms with E-state index in [0.29, 0.717) is 21.7 Å². The van der Waals surface area contributed by atoms with Crippen molar-refractivity contribution >= 4 is 28.2 Å². The average Bonchev–Trinajstić information content (AvgIpc) is 2.74. The van der Waals surface area contributed by atoms with Gasteiger partial charge in [0, 0.05) is 40.3 Å². The highest BCUT2D eigenvalue weighted by atomic mass is 35.5. The number of anilines is 1. The summed E-state index contributed by atoms with van der Waals surface area (Å²) < 4.78 is 0. The van der Waals surface area contributed by atoms with E-state index in [1.165, 1.54) is 45.0 Å². The van der Waals surface area contributed by atoms with Gasteiger partial charge in [0.25, 0.3) is 0 Å². The number of phenolic OH excluding ortho intramolecular Hbond substituents is 1. The summed E-state index contributed by atoms with van der Waals surface area (Å²) in [5.74, 6) is 0.844. The normalized spacial score (nSPS) is 23.8. The molecule has 0 radical (unpaired) electrons. The molecule has 28 heavy (non-hydrogen) atoms. The molecule has 3 aromatic rings. The molecule has 5 heterocycles. The Kier molecular flexibility index (Phi) is 4.33. The topological polar surface area (TPSA) is 74.2 Å². The van der Waals surface area contributed by atoms with Crippen LogP contribution in [0.1, 0.15) is 19.3 Å². The van der Waals surface area contributed by atoms with Crippen molar-refractivity contribution in [2.45, 2.75) is 19.3 Å². The number of hydrogen-bond acceptors (Lipinski definition) is 6. The number of pyridine rings is 1. The first-order valence-corrected chi connectivity index (χ1v) is 10.1. The lowest BCUT2D eigenvalue weighted by Crippen LogP contribution is -2.50. The van der Waals surface area contributed by atoms with E-state index >= 15 is 0 Å². The van der Waals surface area contributed by atoms with E-state index in [0.717, 1.165) is 23.1 Å². The van der Waals surface area contributed by atoms with Crippen LogP contribution >= 0.6 is 11.6 Å². The monoisotopic (exact) mass is 395 g/mol. The van der Waals surface area contributed by atoms with Gasteiger partial charge in [0.15, 0.2) is 5.82 Å². The van der Waals surface area contributed by atoms with Gasteiger partial charge < -0.3 is 15.3 Å². The summed E-state index contributed by atoms with van der Waals surface area (Å²) in [6.45, 7) is 4.50. The molecule has 0 spiro atoms. The Hall–Kier alpha value is -2.44. The molecule has 3 saturated heterocycles. The summed E-state index contributed by atoms with van der Waals surface area (Å²) in [5.41, 5.74) is 1.59. The second-order valence-corrected chi connectivity index (χ2v) is 8.36. The zero-order chi connectivity index (χ0) is 19.1. The molecule has 2 N–H and O–H groups in total. The molecule has 7 heteroatoms. The number of hydrogen-bond donors (Lipinski definition) is 2. The minimum Gasteiger partial charge on any atom is -0.507 e. The predicted molar refractivity (Wildman–Crippen MR) is 111 cm³/mol. The van der Waals surface area contributed by atoms with E-state index in [9.17, 15) is 5.11 Å². The summed E-state index contributed by atoms with van der Waals surface area (Å²) in [6, 6.07) is 6.94. The Morgan fingerprint density at radius 1 is 1.07 bits per heavy atom. The molecule has 2 bridgehead atoms. The number of nitrogens with one attached hydrogen (secondary N) is 1. The maximum Gasteiger partial charge on any atom is 0.158 e. The number of fused-ring (bicyclic) bond motifs is 4. The quantitative estimate of drug-likeness (QED) is 0.696. The van der Waals surface area contributed by atoms with Gasteiger partial charge in [-0.2, -0.15) is 0 Å². The standard InChI is InChI=1S/C21H22ClN5O/c22-14-1-2-16(18(28)11-14)19-15-3-7-23-12-17(15)20(26-25-19)24-13-21-4-8-27(9-5-21)10-6-21/h1-3,7,11-12,28H,4-6,8-10,13H2,(H,24,26). The number of halogens is 1. The molecule has 1 aromatic carbocycles. The first-order chi connectivity index (χ1) is 13.6. The van der Waals surface area contributed by atoms with Crippen LogP contribution in [-0.4, -0.2) is 51.4 Å². The third kappa shape index (κ3) is 3.06. The summed E-state index contributed by atoms with van der Waals surface area (Å²) in [5, 5.41) is 25.1. The Morgan fingerprint density at radius 2 is 1.86 bits per heavy atom. The minimum absolute atomic E-state index is 0.0912. The van der Waals surface area contributed by atoms with Crippen LogP contribution in [0.15, 0.2) is 36.7 Å². The molecule has 3 fully saturated rings. The van der Waals surface area contributed by atoms with Gasteiger partial charge >= 0.3 is 0 Å². The Morgan fingerprint density at radius 3 is 2.61 bits per heavy atom. The van der Waals surface area contributed by atoms with Crippen molar-refractivity contribution in [3.05, 3.63) is 41.7 Å². The number of phenols is 1. The molecule has 6 nitrogen and oxygen atoms in total. The summed E-state index contributed by atoms with van der Waals surface area (Å²) in [7, 11) is 0. The van der Waals surface area contributed by atoms with E-state index < -0.39 is 0 Å². The SMILES string of the molecule is Oc1cc(Cl)ccc1-c1nnc(NCC23CCN(CC2)CC3)c2cnccc12. The van der Waals surface area contributed by atoms with Gasteiger partial charge in [-0.1, -0.05) is 11.6 Å². The molecule has 2 aromatic heterocycles. The fraction of sp³-hybridized carbons (Fsp3) is 0.381. The maximum absolute atomic E-state index is 10.3. The van der Waals surface area contributed by atoms with E-state index in [2.05, 4.69) is 25.4 Å². The van der Waals surface area contributed by atoms with Crippen molar-refractivity contribution < 1.29 is 5.11 Å². The average molecular weight is 396 g/mol. The van der Waals surface area contributed by atoms with Gasteiger partial charge in [0.2, 0.25) is 0 Å². The molecular formula is C21H22ClN5O. The lowest BCUT2D eigenvalue weighted by Gasteiger charge is -2.48. The number of benzene rings is 1. The number of rotatable bonds is 4. The van der Waals surface area contributed by atoms with Gasteiger partial charge in [-0.3, -0.25) is 4.98 Å². The molecule has 3 aliphatic heterocycles. The van der Waals surface area contributed by atoms with E-state index in [1.807, 2.05) is 12.3 Å². The van der Waals surface area contributed by atoms with Crippen LogP contribution in [0.25, 0.3) is 22.0 Å². The van der Waals surface area contributed by atoms with Gasteiger partial charge in [-0.15, -0.1) is 10.2 Å². The molecule has 3 aliphatic rings. The van der Waals surface area contributed by atoms with Crippen LogP contribution in [0.5, 0.6) is 5.75 Å². The number of aromatic nitrogens is 3. The Balaban J connectivity index is 1.49. The highest BCUT2D eigenvalue weighted by molar-refractivity contribution is 6.30. The lowest BCUT2D eigenvalue weighted by atomic mass is 9.72. The summed E-state index contributed by atoms with van der Waals surface area (Å²) in [6.07, 6.45) is 7.25. The molecule has 0 atom stereocenters. The highest BCUT2D eigenvalue weighted by Gasteiger charge is 2.39. The van der Waals surface area contributed by atoms with Crippen molar-refractivity contribution in [3.8, 4) is 17.0 Å². The molecule has 0 saturated carbocycles. The fourth-order valence-corrected chi connectivity index (χ4v) is 4.63. The van der Waals surface area contributed by atoms with Crippen LogP contribution in [0.2, 0.25) is 5.02 Å². The largest absolute Gasteiger partial charge is 0.507 e. The van der Waals surface area contributed by atoms with Crippen molar-refractivity contribution in [1.29, 1.82) is 0 Å².